The standard InChI is InChI=1S/C15H20F3NS2/c1-2-20-14-5-3-4-13(14)19-10-11-6-8-12(9-7-11)21-15(16,17)18/h6-9,13-14,19H,2-5,10H2,1H3. The highest BCUT2D eigenvalue weighted by molar-refractivity contribution is 8.00. The number of hydrogen-bond acceptors (Lipinski definition) is 3. The Bertz CT molecular complexity index is 434. The lowest BCUT2D eigenvalue weighted by Crippen LogP contribution is -2.33. The van der Waals surface area contributed by atoms with Crippen LogP contribution in [0.5, 0.6) is 0 Å². The molecule has 0 heterocycles. The minimum atomic E-state index is -4.21. The molecule has 1 aromatic carbocycles. The molecule has 0 bridgehead atoms. The summed E-state index contributed by atoms with van der Waals surface area (Å²) in [6.45, 7) is 2.90. The molecule has 1 nitrogen and oxygen atoms in total. The Labute approximate surface area is 132 Å². The van der Waals surface area contributed by atoms with Crippen LogP contribution in [0.1, 0.15) is 31.7 Å². The van der Waals surface area contributed by atoms with Gasteiger partial charge in [0.1, 0.15) is 0 Å². The molecule has 1 N–H and O–H groups in total. The summed E-state index contributed by atoms with van der Waals surface area (Å²) < 4.78 is 36.8. The lowest BCUT2D eigenvalue weighted by atomic mass is 10.2. The Morgan fingerprint density at radius 1 is 1.19 bits per heavy atom. The molecule has 6 heteroatoms. The van der Waals surface area contributed by atoms with Crippen LogP contribution in [0.25, 0.3) is 0 Å². The van der Waals surface area contributed by atoms with Gasteiger partial charge in [-0.1, -0.05) is 25.5 Å². The van der Waals surface area contributed by atoms with Gasteiger partial charge < -0.3 is 5.32 Å². The summed E-state index contributed by atoms with van der Waals surface area (Å²) in [6.07, 6.45) is 3.72. The van der Waals surface area contributed by atoms with E-state index in [4.69, 9.17) is 0 Å². The van der Waals surface area contributed by atoms with Crippen LogP contribution in [0.4, 0.5) is 13.2 Å². The van der Waals surface area contributed by atoms with Gasteiger partial charge in [-0.2, -0.15) is 24.9 Å². The minimum absolute atomic E-state index is 0.0639. The number of hydrogen-bond donors (Lipinski definition) is 1. The quantitative estimate of drug-likeness (QED) is 0.730. The molecule has 2 unspecified atom stereocenters. The summed E-state index contributed by atoms with van der Waals surface area (Å²) in [7, 11) is 0. The van der Waals surface area contributed by atoms with Gasteiger partial charge in [-0.3, -0.25) is 0 Å². The maximum Gasteiger partial charge on any atom is 0.446 e. The van der Waals surface area contributed by atoms with Crippen LogP contribution in [-0.2, 0) is 6.54 Å². The van der Waals surface area contributed by atoms with E-state index < -0.39 is 5.51 Å². The van der Waals surface area contributed by atoms with E-state index in [1.165, 1.54) is 19.3 Å². The molecule has 2 rings (SSSR count). The van der Waals surface area contributed by atoms with E-state index in [2.05, 4.69) is 12.2 Å². The lowest BCUT2D eigenvalue weighted by molar-refractivity contribution is -0.0328. The smallest absolute Gasteiger partial charge is 0.309 e. The van der Waals surface area contributed by atoms with E-state index in [0.717, 1.165) is 17.9 Å². The summed E-state index contributed by atoms with van der Waals surface area (Å²) in [5.41, 5.74) is -3.18. The number of thioether (sulfide) groups is 2. The van der Waals surface area contributed by atoms with E-state index in [-0.39, 0.29) is 16.7 Å². The Morgan fingerprint density at radius 3 is 2.52 bits per heavy atom. The van der Waals surface area contributed by atoms with Crippen LogP contribution in [0, 0.1) is 0 Å². The molecule has 1 saturated carbocycles. The molecule has 0 aromatic heterocycles. The largest absolute Gasteiger partial charge is 0.446 e. The van der Waals surface area contributed by atoms with Gasteiger partial charge in [-0.25, -0.2) is 0 Å². The first kappa shape index (κ1) is 17.0. The van der Waals surface area contributed by atoms with E-state index in [0.29, 0.717) is 11.3 Å². The molecular formula is C15H20F3NS2. The van der Waals surface area contributed by atoms with E-state index in [1.54, 1.807) is 24.3 Å². The molecule has 1 fully saturated rings. The van der Waals surface area contributed by atoms with Gasteiger partial charge in [0.05, 0.1) is 0 Å². The second kappa shape index (κ2) is 7.79. The first-order valence-corrected chi connectivity index (χ1v) is 9.04. The van der Waals surface area contributed by atoms with Crippen molar-refractivity contribution in [1.29, 1.82) is 0 Å². The van der Waals surface area contributed by atoms with Crippen LogP contribution >= 0.6 is 23.5 Å². The third-order valence-electron chi connectivity index (χ3n) is 3.56. The number of alkyl halides is 3. The number of rotatable bonds is 6. The number of nitrogens with one attached hydrogen (secondary N) is 1. The fourth-order valence-electron chi connectivity index (χ4n) is 2.63. The fraction of sp³-hybridized carbons (Fsp3) is 0.600. The molecule has 1 aliphatic rings. The Morgan fingerprint density at radius 2 is 1.90 bits per heavy atom. The van der Waals surface area contributed by atoms with Gasteiger partial charge >= 0.3 is 5.51 Å². The van der Waals surface area contributed by atoms with E-state index in [9.17, 15) is 13.2 Å². The summed E-state index contributed by atoms with van der Waals surface area (Å²) in [5.74, 6) is 1.13. The SMILES string of the molecule is CCSC1CCCC1NCc1ccc(SC(F)(F)F)cc1. The summed E-state index contributed by atoms with van der Waals surface area (Å²) >= 11 is 1.94. The van der Waals surface area contributed by atoms with Crippen molar-refractivity contribution in [3.8, 4) is 0 Å². The molecule has 2 atom stereocenters. The zero-order valence-corrected chi connectivity index (χ0v) is 13.6. The van der Waals surface area contributed by atoms with Crippen molar-refractivity contribution in [3.05, 3.63) is 29.8 Å². The summed E-state index contributed by atoms with van der Waals surface area (Å²) in [6, 6.07) is 7.17. The van der Waals surface area contributed by atoms with Crippen molar-refractivity contribution in [3.63, 3.8) is 0 Å². The van der Waals surface area contributed by atoms with Gasteiger partial charge in [-0.05, 0) is 48.1 Å². The Kier molecular flexibility index (Phi) is 6.32. The lowest BCUT2D eigenvalue weighted by Gasteiger charge is -2.20. The predicted molar refractivity (Wildman–Crippen MR) is 84.8 cm³/mol. The Hall–Kier alpha value is -0.330. The van der Waals surface area contributed by atoms with Crippen molar-refractivity contribution in [2.75, 3.05) is 5.75 Å². The maximum atomic E-state index is 12.3. The molecule has 0 aliphatic heterocycles. The third-order valence-corrected chi connectivity index (χ3v) is 5.62. The predicted octanol–water partition coefficient (Wildman–Crippen LogP) is 5.06. The van der Waals surface area contributed by atoms with E-state index in [1.807, 2.05) is 11.8 Å². The second-order valence-electron chi connectivity index (χ2n) is 5.10. The zero-order chi connectivity index (χ0) is 15.3. The highest BCUT2D eigenvalue weighted by atomic mass is 32.2. The zero-order valence-electron chi connectivity index (χ0n) is 12.0. The summed E-state index contributed by atoms with van der Waals surface area (Å²) in [5, 5.41) is 4.23. The molecular weight excluding hydrogens is 315 g/mol. The van der Waals surface area contributed by atoms with Crippen molar-refractivity contribution >= 4 is 23.5 Å². The van der Waals surface area contributed by atoms with Crippen molar-refractivity contribution in [1.82, 2.24) is 5.32 Å². The number of halogens is 3. The van der Waals surface area contributed by atoms with Gasteiger partial charge in [0.15, 0.2) is 0 Å². The van der Waals surface area contributed by atoms with Crippen molar-refractivity contribution in [2.45, 2.75) is 54.4 Å². The van der Waals surface area contributed by atoms with Gasteiger partial charge in [0.25, 0.3) is 0 Å². The minimum Gasteiger partial charge on any atom is -0.309 e. The first-order chi connectivity index (χ1) is 9.98. The number of benzene rings is 1. The van der Waals surface area contributed by atoms with Crippen LogP contribution in [0.2, 0.25) is 0 Å². The summed E-state index contributed by atoms with van der Waals surface area (Å²) in [4.78, 5) is 0.242. The van der Waals surface area contributed by atoms with Crippen LogP contribution in [0.3, 0.4) is 0 Å². The second-order valence-corrected chi connectivity index (χ2v) is 7.76. The molecule has 0 amide bonds. The average molecular weight is 335 g/mol. The molecule has 0 radical (unpaired) electrons. The van der Waals surface area contributed by atoms with Gasteiger partial charge in [0.2, 0.25) is 0 Å². The molecule has 0 spiro atoms. The van der Waals surface area contributed by atoms with Crippen LogP contribution in [0.15, 0.2) is 29.2 Å². The maximum absolute atomic E-state index is 12.3. The molecule has 0 saturated heterocycles. The van der Waals surface area contributed by atoms with Crippen molar-refractivity contribution in [2.24, 2.45) is 0 Å². The molecule has 1 aliphatic carbocycles. The van der Waals surface area contributed by atoms with E-state index >= 15 is 0 Å². The normalized spacial score (nSPS) is 22.7. The highest BCUT2D eigenvalue weighted by Crippen LogP contribution is 2.36. The average Bonchev–Trinajstić information content (AvgIpc) is 2.84. The molecule has 21 heavy (non-hydrogen) atoms. The monoisotopic (exact) mass is 335 g/mol. The van der Waals surface area contributed by atoms with Gasteiger partial charge in [0, 0.05) is 22.7 Å². The fourth-order valence-corrected chi connectivity index (χ4v) is 4.40. The van der Waals surface area contributed by atoms with Crippen LogP contribution in [-0.4, -0.2) is 22.6 Å². The third kappa shape index (κ3) is 5.75. The Balaban J connectivity index is 1.83. The van der Waals surface area contributed by atoms with Crippen LogP contribution < -0.4 is 5.32 Å². The molecule has 1 aromatic rings. The molecule has 118 valence electrons. The van der Waals surface area contributed by atoms with Gasteiger partial charge in [-0.15, -0.1) is 0 Å². The topological polar surface area (TPSA) is 12.0 Å². The van der Waals surface area contributed by atoms with Crippen molar-refractivity contribution < 1.29 is 13.2 Å². The first-order valence-electron chi connectivity index (χ1n) is 7.17. The highest BCUT2D eigenvalue weighted by Gasteiger charge is 2.29.